The summed E-state index contributed by atoms with van der Waals surface area (Å²) in [6, 6.07) is -0.00523. The summed E-state index contributed by atoms with van der Waals surface area (Å²) >= 11 is 6.01. The zero-order chi connectivity index (χ0) is 21.0. The highest BCUT2D eigenvalue weighted by atomic mass is 35.5. The molecule has 0 saturated carbocycles. The highest BCUT2D eigenvalue weighted by Gasteiger charge is 2.60. The molecule has 6 nitrogen and oxygen atoms in total. The number of ether oxygens (including phenoxy) is 1. The second kappa shape index (κ2) is 7.22. The second-order valence-corrected chi connectivity index (χ2v) is 9.70. The number of halogens is 3. The van der Waals surface area contributed by atoms with Crippen LogP contribution in [0.1, 0.15) is 58.4 Å². The summed E-state index contributed by atoms with van der Waals surface area (Å²) in [6.45, 7) is 5.98. The average molecular weight is 429 g/mol. The van der Waals surface area contributed by atoms with Gasteiger partial charge in [-0.2, -0.15) is 0 Å². The van der Waals surface area contributed by atoms with Crippen molar-refractivity contribution in [1.82, 2.24) is 15.1 Å². The molecule has 3 atom stereocenters. The van der Waals surface area contributed by atoms with Crippen molar-refractivity contribution in [2.24, 2.45) is 0 Å². The van der Waals surface area contributed by atoms with E-state index in [1.807, 2.05) is 6.07 Å². The molecule has 0 aliphatic carbocycles. The van der Waals surface area contributed by atoms with Crippen LogP contribution in [-0.2, 0) is 11.2 Å². The molecule has 1 amide bonds. The van der Waals surface area contributed by atoms with Crippen molar-refractivity contribution in [1.29, 1.82) is 0 Å². The summed E-state index contributed by atoms with van der Waals surface area (Å²) in [5, 5.41) is 8.63. The predicted molar refractivity (Wildman–Crippen MR) is 106 cm³/mol. The number of hydrogen-bond donors (Lipinski definition) is 0. The third-order valence-corrected chi connectivity index (χ3v) is 6.18. The predicted octanol–water partition coefficient (Wildman–Crippen LogP) is 4.45. The van der Waals surface area contributed by atoms with Gasteiger partial charge in [-0.25, -0.2) is 13.6 Å². The Hall–Kier alpha value is -1.70. The molecule has 9 heteroatoms. The fourth-order valence-corrected chi connectivity index (χ4v) is 5.05. The van der Waals surface area contributed by atoms with E-state index in [-0.39, 0.29) is 18.9 Å². The van der Waals surface area contributed by atoms with Gasteiger partial charge in [-0.1, -0.05) is 11.6 Å². The lowest BCUT2D eigenvalue weighted by Gasteiger charge is -2.43. The van der Waals surface area contributed by atoms with E-state index < -0.39 is 29.7 Å². The lowest BCUT2D eigenvalue weighted by molar-refractivity contribution is -0.0493. The molecule has 2 bridgehead atoms. The smallest absolute Gasteiger partial charge is 0.411 e. The quantitative estimate of drug-likeness (QED) is 0.661. The fourth-order valence-electron chi connectivity index (χ4n) is 4.88. The zero-order valence-corrected chi connectivity index (χ0v) is 17.8. The topological polar surface area (TPSA) is 58.6 Å². The first-order valence-electron chi connectivity index (χ1n) is 10.2. The lowest BCUT2D eigenvalue weighted by atomic mass is 9.95. The summed E-state index contributed by atoms with van der Waals surface area (Å²) in [6.07, 6.45) is 2.48. The number of rotatable bonds is 1. The number of alkyl halides is 2. The number of aryl methyl sites for hydroxylation is 1. The monoisotopic (exact) mass is 428 g/mol. The number of carbonyl (C=O) groups excluding carboxylic acids is 1. The molecule has 29 heavy (non-hydrogen) atoms. The number of anilines is 1. The number of carbonyl (C=O) groups is 1. The molecular formula is C20H27ClF2N4O2. The Balaban J connectivity index is 1.60. The maximum atomic E-state index is 14.8. The number of aromatic nitrogens is 2. The molecule has 2 fully saturated rings. The van der Waals surface area contributed by atoms with Gasteiger partial charge < -0.3 is 9.64 Å². The molecule has 160 valence electrons. The number of amides is 1. The molecule has 4 rings (SSSR count). The van der Waals surface area contributed by atoms with Gasteiger partial charge in [-0.05, 0) is 64.5 Å². The largest absolute Gasteiger partial charge is 0.444 e. The van der Waals surface area contributed by atoms with E-state index >= 15 is 0 Å². The van der Waals surface area contributed by atoms with Crippen molar-refractivity contribution in [3.8, 4) is 0 Å². The second-order valence-electron chi connectivity index (χ2n) is 9.31. The molecule has 0 aromatic carbocycles. The lowest BCUT2D eigenvalue weighted by Crippen LogP contribution is -2.56. The van der Waals surface area contributed by atoms with Gasteiger partial charge in [0, 0.05) is 25.0 Å². The van der Waals surface area contributed by atoms with Crippen LogP contribution in [0.5, 0.6) is 0 Å². The molecular weight excluding hydrogens is 402 g/mol. The first-order chi connectivity index (χ1) is 13.5. The van der Waals surface area contributed by atoms with E-state index in [2.05, 4.69) is 15.1 Å². The maximum Gasteiger partial charge on any atom is 0.411 e. The molecule has 0 unspecified atom stereocenters. The summed E-state index contributed by atoms with van der Waals surface area (Å²) < 4.78 is 35.0. The first kappa shape index (κ1) is 20.6. The Bertz CT molecular complexity index is 801. The van der Waals surface area contributed by atoms with Gasteiger partial charge in [0.2, 0.25) is 0 Å². The van der Waals surface area contributed by atoms with E-state index in [4.69, 9.17) is 16.3 Å². The van der Waals surface area contributed by atoms with Gasteiger partial charge in [0.25, 0.3) is 5.92 Å². The Morgan fingerprint density at radius 3 is 2.69 bits per heavy atom. The van der Waals surface area contributed by atoms with Crippen LogP contribution in [0, 0.1) is 0 Å². The number of piperidine rings is 1. The Morgan fingerprint density at radius 1 is 1.24 bits per heavy atom. The van der Waals surface area contributed by atoms with Crippen LogP contribution in [0.3, 0.4) is 0 Å². The molecule has 2 saturated heterocycles. The zero-order valence-electron chi connectivity index (χ0n) is 17.0. The minimum absolute atomic E-state index is 0.121. The van der Waals surface area contributed by atoms with Gasteiger partial charge in [-0.3, -0.25) is 4.90 Å². The van der Waals surface area contributed by atoms with E-state index in [0.717, 1.165) is 37.2 Å². The molecule has 0 N–H and O–H groups in total. The van der Waals surface area contributed by atoms with Crippen LogP contribution in [0.2, 0.25) is 5.15 Å². The summed E-state index contributed by atoms with van der Waals surface area (Å²) in [5.74, 6) is -2.18. The molecule has 0 spiro atoms. The normalized spacial score (nSPS) is 28.7. The number of hydrogen-bond acceptors (Lipinski definition) is 5. The Labute approximate surface area is 174 Å². The van der Waals surface area contributed by atoms with Crippen LogP contribution in [0.15, 0.2) is 6.07 Å². The third-order valence-electron chi connectivity index (χ3n) is 6.00. The van der Waals surface area contributed by atoms with E-state index in [0.29, 0.717) is 11.6 Å². The van der Waals surface area contributed by atoms with E-state index in [1.165, 1.54) is 4.90 Å². The number of nitrogens with zero attached hydrogens (tertiary/aromatic N) is 4. The van der Waals surface area contributed by atoms with Gasteiger partial charge >= 0.3 is 6.09 Å². The van der Waals surface area contributed by atoms with Crippen LogP contribution in [0.4, 0.5) is 19.4 Å². The van der Waals surface area contributed by atoms with Gasteiger partial charge in [0.15, 0.2) is 11.0 Å². The van der Waals surface area contributed by atoms with Crippen molar-refractivity contribution in [3.63, 3.8) is 0 Å². The van der Waals surface area contributed by atoms with Crippen molar-refractivity contribution in [2.75, 3.05) is 11.4 Å². The first-order valence-corrected chi connectivity index (χ1v) is 10.6. The van der Waals surface area contributed by atoms with Crippen LogP contribution in [0.25, 0.3) is 0 Å². The van der Waals surface area contributed by atoms with Crippen molar-refractivity contribution in [3.05, 3.63) is 16.8 Å². The minimum Gasteiger partial charge on any atom is -0.444 e. The Kier molecular flexibility index (Phi) is 5.12. The highest BCUT2D eigenvalue weighted by molar-refractivity contribution is 6.29. The van der Waals surface area contributed by atoms with Crippen LogP contribution < -0.4 is 4.90 Å². The minimum atomic E-state index is -2.92. The van der Waals surface area contributed by atoms with E-state index in [1.54, 1.807) is 20.8 Å². The van der Waals surface area contributed by atoms with Crippen molar-refractivity contribution < 1.29 is 18.3 Å². The fraction of sp³-hybridized carbons (Fsp3) is 0.750. The molecule has 3 aliphatic heterocycles. The molecule has 0 radical (unpaired) electrons. The Morgan fingerprint density at radius 2 is 2.00 bits per heavy atom. The molecule has 1 aromatic heterocycles. The summed E-state index contributed by atoms with van der Waals surface area (Å²) in [7, 11) is 0. The van der Waals surface area contributed by atoms with E-state index in [9.17, 15) is 13.6 Å². The van der Waals surface area contributed by atoms with Gasteiger partial charge in [0.05, 0.1) is 0 Å². The third kappa shape index (κ3) is 4.00. The van der Waals surface area contributed by atoms with Crippen LogP contribution >= 0.6 is 11.6 Å². The van der Waals surface area contributed by atoms with Crippen molar-refractivity contribution in [2.45, 2.75) is 88.9 Å². The number of fused-ring (bicyclic) bond motifs is 3. The van der Waals surface area contributed by atoms with Gasteiger partial charge in [-0.15, -0.1) is 10.2 Å². The molecule has 1 aromatic rings. The van der Waals surface area contributed by atoms with Crippen LogP contribution in [-0.4, -0.2) is 57.4 Å². The highest BCUT2D eigenvalue weighted by Crippen LogP contribution is 2.48. The SMILES string of the molecule is CC(C)(C)OC(=O)N1[C@H]2C[C@@H](N3CCCCc4cc(Cl)nnc43)C[C@@H]1C(F)(F)C2. The van der Waals surface area contributed by atoms with Gasteiger partial charge in [0.1, 0.15) is 11.6 Å². The van der Waals surface area contributed by atoms with Crippen molar-refractivity contribution >= 4 is 23.5 Å². The molecule has 3 aliphatic rings. The average Bonchev–Trinajstić information content (AvgIpc) is 2.74. The summed E-state index contributed by atoms with van der Waals surface area (Å²) in [4.78, 5) is 16.1. The summed E-state index contributed by atoms with van der Waals surface area (Å²) in [5.41, 5.74) is 0.289. The standard InChI is InChI=1S/C20H27ClF2N4O2/c1-19(2,3)29-18(28)27-14-9-13(10-15(27)20(22,23)11-14)26-7-5-4-6-12-8-16(21)24-25-17(12)26/h8,13-15H,4-7,9-11H2,1-3H3/t13-,14+,15-/m1/s1. The molecule has 4 heterocycles. The maximum absolute atomic E-state index is 14.8.